The summed E-state index contributed by atoms with van der Waals surface area (Å²) in [6, 6.07) is 19.1. The number of sulfonamides is 1. The predicted octanol–water partition coefficient (Wildman–Crippen LogP) is 5.54. The molecule has 1 fully saturated rings. The van der Waals surface area contributed by atoms with Crippen LogP contribution in [0.3, 0.4) is 0 Å². The molecule has 3 aromatic carbocycles. The van der Waals surface area contributed by atoms with Crippen molar-refractivity contribution in [3.8, 4) is 0 Å². The summed E-state index contributed by atoms with van der Waals surface area (Å²) < 4.78 is 43.2. The Bertz CT molecular complexity index is 1430. The van der Waals surface area contributed by atoms with E-state index in [4.69, 9.17) is 11.6 Å². The lowest BCUT2D eigenvalue weighted by Gasteiger charge is -2.33. The van der Waals surface area contributed by atoms with Gasteiger partial charge in [0.25, 0.3) is 10.0 Å². The molecule has 4 rings (SSSR count). The fraction of sp³-hybridized carbons (Fsp3) is 0.333. The molecule has 3 aromatic rings. The van der Waals surface area contributed by atoms with E-state index in [1.54, 1.807) is 43.3 Å². The maximum Gasteiger partial charge on any atom is 0.264 e. The zero-order valence-electron chi connectivity index (χ0n) is 22.3. The van der Waals surface area contributed by atoms with Crippen LogP contribution >= 0.6 is 11.6 Å². The number of benzene rings is 3. The van der Waals surface area contributed by atoms with E-state index < -0.39 is 34.3 Å². The largest absolute Gasteiger partial charge is 0.352 e. The first kappa shape index (κ1) is 29.6. The van der Waals surface area contributed by atoms with E-state index in [0.717, 1.165) is 36.4 Å². The van der Waals surface area contributed by atoms with E-state index in [2.05, 4.69) is 5.32 Å². The highest BCUT2D eigenvalue weighted by Crippen LogP contribution is 2.31. The number of anilines is 1. The summed E-state index contributed by atoms with van der Waals surface area (Å²) in [4.78, 5) is 28.5. The lowest BCUT2D eigenvalue weighted by Crippen LogP contribution is -2.53. The Morgan fingerprint density at radius 3 is 2.25 bits per heavy atom. The topological polar surface area (TPSA) is 86.8 Å². The van der Waals surface area contributed by atoms with E-state index in [0.29, 0.717) is 0 Å². The second-order valence-electron chi connectivity index (χ2n) is 9.91. The van der Waals surface area contributed by atoms with Gasteiger partial charge in [-0.05, 0) is 50.1 Å². The fourth-order valence-electron chi connectivity index (χ4n) is 4.85. The molecule has 0 aromatic heterocycles. The van der Waals surface area contributed by atoms with Crippen LogP contribution in [0.5, 0.6) is 0 Å². The Hall–Kier alpha value is -3.43. The van der Waals surface area contributed by atoms with Crippen LogP contribution in [-0.4, -0.2) is 43.8 Å². The number of carbonyl (C=O) groups excluding carboxylic acids is 2. The average Bonchev–Trinajstić information content (AvgIpc) is 2.96. The third-order valence-electron chi connectivity index (χ3n) is 7.15. The molecule has 0 bridgehead atoms. The molecule has 0 saturated heterocycles. The van der Waals surface area contributed by atoms with Crippen molar-refractivity contribution in [3.05, 3.63) is 95.3 Å². The van der Waals surface area contributed by atoms with Gasteiger partial charge in [-0.25, -0.2) is 12.8 Å². The third kappa shape index (κ3) is 7.01. The van der Waals surface area contributed by atoms with Gasteiger partial charge >= 0.3 is 0 Å². The molecular weight excluding hydrogens is 553 g/mol. The average molecular weight is 586 g/mol. The molecule has 1 N–H and O–H groups in total. The number of amides is 2. The molecule has 0 unspecified atom stereocenters. The molecule has 1 aliphatic carbocycles. The van der Waals surface area contributed by atoms with Gasteiger partial charge in [0, 0.05) is 18.2 Å². The summed E-state index contributed by atoms with van der Waals surface area (Å²) >= 11 is 6.40. The monoisotopic (exact) mass is 585 g/mol. The van der Waals surface area contributed by atoms with E-state index >= 15 is 0 Å². The molecule has 212 valence electrons. The van der Waals surface area contributed by atoms with Gasteiger partial charge in [0.05, 0.1) is 15.6 Å². The van der Waals surface area contributed by atoms with Crippen molar-refractivity contribution < 1.29 is 22.4 Å². The first-order valence-corrected chi connectivity index (χ1v) is 15.2. The quantitative estimate of drug-likeness (QED) is 0.338. The molecule has 0 aliphatic heterocycles. The third-order valence-corrected chi connectivity index (χ3v) is 9.24. The van der Waals surface area contributed by atoms with Gasteiger partial charge in [0.15, 0.2) is 0 Å². The summed E-state index contributed by atoms with van der Waals surface area (Å²) in [5.41, 5.74) is 0.329. The van der Waals surface area contributed by atoms with Gasteiger partial charge in [-0.3, -0.25) is 13.9 Å². The van der Waals surface area contributed by atoms with Gasteiger partial charge in [0.2, 0.25) is 11.8 Å². The van der Waals surface area contributed by atoms with Crippen molar-refractivity contribution in [1.82, 2.24) is 10.2 Å². The van der Waals surface area contributed by atoms with E-state index in [-0.39, 0.29) is 39.7 Å². The van der Waals surface area contributed by atoms with Crippen LogP contribution in [0.15, 0.2) is 83.8 Å². The molecule has 0 heterocycles. The van der Waals surface area contributed by atoms with Gasteiger partial charge < -0.3 is 10.2 Å². The molecular formula is C30H33ClFN3O4S. The maximum atomic E-state index is 14.7. The molecule has 1 saturated carbocycles. The van der Waals surface area contributed by atoms with E-state index in [1.807, 2.05) is 0 Å². The van der Waals surface area contributed by atoms with Gasteiger partial charge in [-0.15, -0.1) is 0 Å². The molecule has 40 heavy (non-hydrogen) atoms. The molecule has 0 spiro atoms. The van der Waals surface area contributed by atoms with Crippen LogP contribution in [0, 0.1) is 5.82 Å². The van der Waals surface area contributed by atoms with E-state index in [1.165, 1.54) is 47.4 Å². The number of rotatable bonds is 10. The van der Waals surface area contributed by atoms with E-state index in [9.17, 15) is 22.4 Å². The second-order valence-corrected chi connectivity index (χ2v) is 12.2. The van der Waals surface area contributed by atoms with Crippen LogP contribution in [0.4, 0.5) is 10.1 Å². The predicted molar refractivity (Wildman–Crippen MR) is 154 cm³/mol. The number of hydrogen-bond acceptors (Lipinski definition) is 4. The first-order valence-electron chi connectivity index (χ1n) is 13.3. The number of hydrogen-bond donors (Lipinski definition) is 1. The minimum Gasteiger partial charge on any atom is -0.352 e. The molecule has 0 radical (unpaired) electrons. The number of para-hydroxylation sites is 1. The number of nitrogens with one attached hydrogen (secondary N) is 1. The Morgan fingerprint density at radius 2 is 1.57 bits per heavy atom. The fourth-order valence-corrected chi connectivity index (χ4v) is 6.59. The van der Waals surface area contributed by atoms with Crippen LogP contribution < -0.4 is 9.62 Å². The zero-order chi connectivity index (χ0) is 28.7. The number of halogens is 2. The molecule has 2 amide bonds. The van der Waals surface area contributed by atoms with Gasteiger partial charge in [-0.1, -0.05) is 79.4 Å². The summed E-state index contributed by atoms with van der Waals surface area (Å²) in [6.45, 7) is 0.714. The summed E-state index contributed by atoms with van der Waals surface area (Å²) in [5.74, 6) is -1.57. The van der Waals surface area contributed by atoms with Crippen molar-refractivity contribution in [2.75, 3.05) is 10.8 Å². The number of nitrogens with zero attached hydrogens (tertiary/aromatic N) is 2. The van der Waals surface area contributed by atoms with Crippen molar-refractivity contribution in [1.29, 1.82) is 0 Å². The van der Waals surface area contributed by atoms with Crippen LogP contribution in [-0.2, 0) is 26.2 Å². The van der Waals surface area contributed by atoms with Crippen LogP contribution in [0.2, 0.25) is 5.02 Å². The minimum atomic E-state index is -4.23. The van der Waals surface area contributed by atoms with Crippen molar-refractivity contribution >= 4 is 39.1 Å². The molecule has 7 nitrogen and oxygen atoms in total. The Labute approximate surface area is 240 Å². The van der Waals surface area contributed by atoms with Crippen LogP contribution in [0.25, 0.3) is 0 Å². The molecule has 10 heteroatoms. The first-order chi connectivity index (χ1) is 19.2. The zero-order valence-corrected chi connectivity index (χ0v) is 23.9. The SMILES string of the molecule is C[C@H](C(=O)NC1CCCCC1)N(Cc1ccccc1F)C(=O)CN(c1ccccc1Cl)S(=O)(=O)c1ccccc1. The van der Waals surface area contributed by atoms with Crippen molar-refractivity contribution in [2.45, 2.75) is 62.6 Å². The van der Waals surface area contributed by atoms with Gasteiger partial charge in [0.1, 0.15) is 18.4 Å². The second kappa shape index (κ2) is 13.3. The summed E-state index contributed by atoms with van der Waals surface area (Å²) in [7, 11) is -4.23. The maximum absolute atomic E-state index is 14.7. The van der Waals surface area contributed by atoms with Gasteiger partial charge in [-0.2, -0.15) is 0 Å². The highest BCUT2D eigenvalue weighted by Gasteiger charge is 2.34. The Balaban J connectivity index is 1.68. The summed E-state index contributed by atoms with van der Waals surface area (Å²) in [5, 5.41) is 3.16. The highest BCUT2D eigenvalue weighted by atomic mass is 35.5. The van der Waals surface area contributed by atoms with Crippen molar-refractivity contribution in [3.63, 3.8) is 0 Å². The lowest BCUT2D eigenvalue weighted by molar-refractivity contribution is -0.139. The minimum absolute atomic E-state index is 0.00666. The number of carbonyl (C=O) groups is 2. The smallest absolute Gasteiger partial charge is 0.264 e. The standard InChI is InChI=1S/C30H33ClFN3O4S/c1-22(30(37)33-24-13-4-2-5-14-24)34(20-23-12-8-10-18-27(23)32)29(36)21-35(28-19-11-9-17-26(28)31)40(38,39)25-15-6-3-7-16-25/h3,6-12,15-19,22,24H,2,4-5,13-14,20-21H2,1H3,(H,33,37)/t22-/m1/s1. The Morgan fingerprint density at radius 1 is 0.950 bits per heavy atom. The van der Waals surface area contributed by atoms with Crippen LogP contribution in [0.1, 0.15) is 44.6 Å². The molecule has 1 atom stereocenters. The lowest BCUT2D eigenvalue weighted by atomic mass is 9.95. The normalized spacial score (nSPS) is 14.8. The Kier molecular flexibility index (Phi) is 9.81. The molecule has 1 aliphatic rings. The highest BCUT2D eigenvalue weighted by molar-refractivity contribution is 7.92. The van der Waals surface area contributed by atoms with Crippen molar-refractivity contribution in [2.24, 2.45) is 0 Å². The summed E-state index contributed by atoms with van der Waals surface area (Å²) in [6.07, 6.45) is 4.86.